The highest BCUT2D eigenvalue weighted by atomic mass is 16.3. The van der Waals surface area contributed by atoms with E-state index in [1.807, 2.05) is 0 Å². The second kappa shape index (κ2) is 12.9. The Labute approximate surface area is 386 Å². The quantitative estimate of drug-likeness (QED) is 0.162. The Morgan fingerprint density at radius 1 is 0.492 bits per heavy atom. The number of hydrogen-bond acceptors (Lipinski definition) is 3. The number of aryl methyl sites for hydroxylation is 2. The summed E-state index contributed by atoms with van der Waals surface area (Å²) >= 11 is 0. The fourth-order valence-corrected chi connectivity index (χ4v) is 13.3. The first-order valence-corrected chi connectivity index (χ1v) is 23.9. The molecule has 8 aromatic rings. The molecule has 1 aromatic heterocycles. The van der Waals surface area contributed by atoms with Gasteiger partial charge >= 0.3 is 0 Å². The molecule has 2 aliphatic heterocycles. The SMILES string of the molecule is Cc1cc2c3c(c1)N(c1cccc4c1oc1ccccc14)c1ccc(C(C)(C)C)cc1B3c1cc3c(cc1N2c1cc2c(cc1C)C(C)(C)CC2(C)C)C(C)(C)c1ccccc1C3(C)C. The van der Waals surface area contributed by atoms with E-state index in [9.17, 15) is 0 Å². The van der Waals surface area contributed by atoms with Gasteiger partial charge in [0.1, 0.15) is 5.58 Å². The van der Waals surface area contributed by atoms with Crippen LogP contribution in [-0.2, 0) is 27.1 Å². The first kappa shape index (κ1) is 40.5. The van der Waals surface area contributed by atoms with Crippen LogP contribution in [0.5, 0.6) is 0 Å². The predicted molar refractivity (Wildman–Crippen MR) is 277 cm³/mol. The smallest absolute Gasteiger partial charge is 0.252 e. The first-order valence-electron chi connectivity index (χ1n) is 23.9. The topological polar surface area (TPSA) is 19.6 Å². The highest BCUT2D eigenvalue weighted by molar-refractivity contribution is 7.00. The van der Waals surface area contributed by atoms with Crippen molar-refractivity contribution in [3.05, 3.63) is 171 Å². The van der Waals surface area contributed by atoms with Gasteiger partial charge in [0, 0.05) is 50.0 Å². The molecule has 3 heterocycles. The van der Waals surface area contributed by atoms with Gasteiger partial charge in [-0.25, -0.2) is 0 Å². The predicted octanol–water partition coefficient (Wildman–Crippen LogP) is 14.5. The summed E-state index contributed by atoms with van der Waals surface area (Å²) < 4.78 is 6.90. The van der Waals surface area contributed by atoms with E-state index in [1.165, 1.54) is 94.9 Å². The molecule has 7 aromatic carbocycles. The maximum Gasteiger partial charge on any atom is 0.252 e. The lowest BCUT2D eigenvalue weighted by Gasteiger charge is -2.48. The molecule has 12 rings (SSSR count). The lowest BCUT2D eigenvalue weighted by atomic mass is 9.33. The van der Waals surface area contributed by atoms with Crippen molar-refractivity contribution in [2.45, 2.75) is 124 Å². The lowest BCUT2D eigenvalue weighted by molar-refractivity contribution is 0.403. The lowest BCUT2D eigenvalue weighted by Crippen LogP contribution is -2.62. The number of rotatable bonds is 2. The molecule has 4 aliphatic rings. The van der Waals surface area contributed by atoms with Crippen molar-refractivity contribution in [2.24, 2.45) is 0 Å². The molecule has 0 unspecified atom stereocenters. The van der Waals surface area contributed by atoms with Crippen LogP contribution < -0.4 is 26.2 Å². The third kappa shape index (κ3) is 5.43. The zero-order chi connectivity index (χ0) is 45.5. The van der Waals surface area contributed by atoms with Crippen molar-refractivity contribution in [3.8, 4) is 0 Å². The van der Waals surface area contributed by atoms with Gasteiger partial charge in [-0.3, -0.25) is 0 Å². The minimum absolute atomic E-state index is 0.0123. The average Bonchev–Trinajstić information content (AvgIpc) is 3.72. The number of fused-ring (bicyclic) bond motifs is 10. The number of benzene rings is 7. The molecule has 4 heteroatoms. The van der Waals surface area contributed by atoms with Gasteiger partial charge in [-0.05, 0) is 145 Å². The molecule has 0 fully saturated rings. The second-order valence-electron chi connectivity index (χ2n) is 23.5. The van der Waals surface area contributed by atoms with E-state index in [2.05, 4.69) is 221 Å². The number of anilines is 6. The monoisotopic (exact) mass is 848 g/mol. The summed E-state index contributed by atoms with van der Waals surface area (Å²) in [6.07, 6.45) is 1.13. The first-order chi connectivity index (χ1) is 30.7. The molecule has 0 N–H and O–H groups in total. The molecule has 0 atom stereocenters. The third-order valence-electron chi connectivity index (χ3n) is 16.4. The van der Waals surface area contributed by atoms with Crippen molar-refractivity contribution in [1.29, 1.82) is 0 Å². The van der Waals surface area contributed by atoms with Crippen LogP contribution in [-0.4, -0.2) is 6.71 Å². The molecule has 0 saturated carbocycles. The van der Waals surface area contributed by atoms with Gasteiger partial charge < -0.3 is 14.2 Å². The number of furan rings is 1. The normalized spacial score (nSPS) is 18.0. The Balaban J connectivity index is 1.23. The summed E-state index contributed by atoms with van der Waals surface area (Å²) in [4.78, 5) is 5.23. The van der Waals surface area contributed by atoms with Gasteiger partial charge in [-0.15, -0.1) is 0 Å². The van der Waals surface area contributed by atoms with Crippen LogP contribution in [0.25, 0.3) is 21.9 Å². The van der Waals surface area contributed by atoms with Gasteiger partial charge in [0.25, 0.3) is 6.71 Å². The van der Waals surface area contributed by atoms with Crippen LogP contribution in [0.4, 0.5) is 34.1 Å². The maximum absolute atomic E-state index is 6.90. The molecule has 324 valence electrons. The van der Waals surface area contributed by atoms with Crippen molar-refractivity contribution in [1.82, 2.24) is 0 Å². The summed E-state index contributed by atoms with van der Waals surface area (Å²) in [7, 11) is 0. The highest BCUT2D eigenvalue weighted by Crippen LogP contribution is 2.56. The van der Waals surface area contributed by atoms with E-state index < -0.39 is 0 Å². The summed E-state index contributed by atoms with van der Waals surface area (Å²) in [6, 6.07) is 47.0. The van der Waals surface area contributed by atoms with E-state index in [0.717, 1.165) is 34.0 Å². The van der Waals surface area contributed by atoms with E-state index in [0.29, 0.717) is 0 Å². The fourth-order valence-electron chi connectivity index (χ4n) is 13.3. The zero-order valence-corrected chi connectivity index (χ0v) is 40.6. The summed E-state index contributed by atoms with van der Waals surface area (Å²) in [5.74, 6) is 0. The molecule has 2 aliphatic carbocycles. The van der Waals surface area contributed by atoms with Gasteiger partial charge in [-0.1, -0.05) is 155 Å². The van der Waals surface area contributed by atoms with Gasteiger partial charge in [-0.2, -0.15) is 0 Å². The van der Waals surface area contributed by atoms with Crippen LogP contribution in [0.1, 0.15) is 133 Å². The summed E-state index contributed by atoms with van der Waals surface area (Å²) in [6.45, 7) is 31.2. The molecule has 0 amide bonds. The molecule has 0 saturated heterocycles. The van der Waals surface area contributed by atoms with E-state index in [-0.39, 0.29) is 33.8 Å². The van der Waals surface area contributed by atoms with Crippen molar-refractivity contribution >= 4 is 79.2 Å². The Morgan fingerprint density at radius 2 is 1.06 bits per heavy atom. The molecule has 65 heavy (non-hydrogen) atoms. The van der Waals surface area contributed by atoms with Crippen LogP contribution in [0.2, 0.25) is 0 Å². The standard InChI is InChI=1S/C61H61BN2O/c1-35-27-52-55-53(28-35)64(50-32-43-42(29-36(50)2)58(6,7)34-59(43,8)9)51-33-45-44(60(10,11)40-21-15-16-22-41(40)61(45,12)13)31-47(51)62(55)46-30-37(57(3,4)5)25-26-48(46)63(52)49-23-18-20-39-38-19-14-17-24-54(38)65-56(39)49/h14-33H,34H2,1-13H3. The zero-order valence-electron chi connectivity index (χ0n) is 40.6. The molecule has 0 spiro atoms. The van der Waals surface area contributed by atoms with Crippen LogP contribution in [0.15, 0.2) is 126 Å². The molecular weight excluding hydrogens is 787 g/mol. The van der Waals surface area contributed by atoms with Crippen molar-refractivity contribution in [3.63, 3.8) is 0 Å². The number of hydrogen-bond donors (Lipinski definition) is 0. The minimum Gasteiger partial charge on any atom is -0.454 e. The number of nitrogens with zero attached hydrogens (tertiary/aromatic N) is 2. The van der Waals surface area contributed by atoms with E-state index >= 15 is 0 Å². The summed E-state index contributed by atoms with van der Waals surface area (Å²) in [5.41, 5.74) is 25.4. The van der Waals surface area contributed by atoms with Crippen molar-refractivity contribution in [2.75, 3.05) is 9.80 Å². The van der Waals surface area contributed by atoms with E-state index in [1.54, 1.807) is 0 Å². The van der Waals surface area contributed by atoms with E-state index in [4.69, 9.17) is 4.42 Å². The van der Waals surface area contributed by atoms with Crippen LogP contribution >= 0.6 is 0 Å². The largest absolute Gasteiger partial charge is 0.454 e. The van der Waals surface area contributed by atoms with Crippen molar-refractivity contribution < 1.29 is 4.42 Å². The molecule has 0 radical (unpaired) electrons. The van der Waals surface area contributed by atoms with Gasteiger partial charge in [0.15, 0.2) is 5.58 Å². The van der Waals surface area contributed by atoms with Crippen LogP contribution in [0, 0.1) is 13.8 Å². The van der Waals surface area contributed by atoms with Gasteiger partial charge in [0.05, 0.1) is 5.69 Å². The average molecular weight is 849 g/mol. The van der Waals surface area contributed by atoms with Crippen LogP contribution in [0.3, 0.4) is 0 Å². The molecule has 0 bridgehead atoms. The highest BCUT2D eigenvalue weighted by Gasteiger charge is 2.49. The summed E-state index contributed by atoms with van der Waals surface area (Å²) in [5, 5.41) is 2.28. The maximum atomic E-state index is 6.90. The Bertz CT molecular complexity index is 3390. The Hall–Kier alpha value is -6.00. The minimum atomic E-state index is -0.204. The van der Waals surface area contributed by atoms with Gasteiger partial charge in [0.2, 0.25) is 0 Å². The third-order valence-corrected chi connectivity index (χ3v) is 16.4. The molecule has 3 nitrogen and oxygen atoms in total. The Morgan fingerprint density at radius 3 is 1.74 bits per heavy atom. The molecular formula is C61H61BN2O. The Kier molecular flexibility index (Phi) is 8.02. The number of para-hydroxylation sites is 2. The fraction of sp³-hybridized carbons (Fsp3) is 0.311. The second-order valence-corrected chi connectivity index (χ2v) is 23.5.